The van der Waals surface area contributed by atoms with E-state index in [0.717, 1.165) is 45.6 Å². The molecule has 4 aromatic rings. The number of aliphatic hydroxyl groups is 1. The van der Waals surface area contributed by atoms with Crippen molar-refractivity contribution in [3.8, 4) is 11.1 Å². The van der Waals surface area contributed by atoms with E-state index >= 15 is 0 Å². The van der Waals surface area contributed by atoms with Crippen LogP contribution in [0.3, 0.4) is 0 Å². The van der Waals surface area contributed by atoms with E-state index in [-0.39, 0.29) is 24.7 Å². The highest BCUT2D eigenvalue weighted by molar-refractivity contribution is 7.99. The number of carbonyl (C=O) groups excluding carboxylic acids is 2. The second-order valence-electron chi connectivity index (χ2n) is 10.7. The molecule has 1 fully saturated rings. The Labute approximate surface area is 262 Å². The summed E-state index contributed by atoms with van der Waals surface area (Å²) in [7, 11) is 0. The van der Waals surface area contributed by atoms with Gasteiger partial charge < -0.3 is 24.6 Å². The van der Waals surface area contributed by atoms with Crippen LogP contribution in [0, 0.1) is 0 Å². The van der Waals surface area contributed by atoms with Gasteiger partial charge in [0.25, 0.3) is 5.91 Å². The fourth-order valence-electron chi connectivity index (χ4n) is 5.13. The smallest absolute Gasteiger partial charge is 0.303 e. The Kier molecular flexibility index (Phi) is 10.9. The standard InChI is InChI=1S/C36H37NO6S/c1-24(41-25(2)39)35(40)37-21-30-8-6-7-11-33(30)27-16-18-29(19-17-27)36-42-31(23-44-32-9-4-3-5-10-32)20-34(43-36)28-14-12-26(22-38)13-15-28/h3-19,24,31,34,36,38H,20-23H2,1-2H3,(H,37,40). The van der Waals surface area contributed by atoms with E-state index < -0.39 is 18.4 Å². The van der Waals surface area contributed by atoms with Crippen molar-refractivity contribution in [1.29, 1.82) is 0 Å². The van der Waals surface area contributed by atoms with Crippen LogP contribution < -0.4 is 5.32 Å². The van der Waals surface area contributed by atoms with Crippen molar-refractivity contribution in [2.45, 2.75) is 62.9 Å². The van der Waals surface area contributed by atoms with Gasteiger partial charge in [-0.15, -0.1) is 11.8 Å². The summed E-state index contributed by atoms with van der Waals surface area (Å²) in [5, 5.41) is 12.3. The Balaban J connectivity index is 1.31. The lowest BCUT2D eigenvalue weighted by Gasteiger charge is -2.36. The van der Waals surface area contributed by atoms with Crippen LogP contribution in [0.1, 0.15) is 54.9 Å². The largest absolute Gasteiger partial charge is 0.453 e. The predicted molar refractivity (Wildman–Crippen MR) is 171 cm³/mol. The fourth-order valence-corrected chi connectivity index (χ4v) is 6.08. The number of aliphatic hydroxyl groups excluding tert-OH is 1. The summed E-state index contributed by atoms with van der Waals surface area (Å²) < 4.78 is 18.0. The summed E-state index contributed by atoms with van der Waals surface area (Å²) >= 11 is 1.77. The zero-order chi connectivity index (χ0) is 30.9. The van der Waals surface area contributed by atoms with E-state index in [1.807, 2.05) is 91.0 Å². The number of amides is 1. The van der Waals surface area contributed by atoms with Crippen LogP contribution in [-0.4, -0.2) is 34.9 Å². The monoisotopic (exact) mass is 611 g/mol. The van der Waals surface area contributed by atoms with Crippen molar-refractivity contribution < 1.29 is 28.9 Å². The maximum absolute atomic E-state index is 12.4. The molecule has 4 atom stereocenters. The first-order valence-electron chi connectivity index (χ1n) is 14.7. The molecule has 0 bridgehead atoms. The SMILES string of the molecule is CC(=O)OC(C)C(=O)NCc1ccccc1-c1ccc(C2OC(CSc3ccccc3)CC(c3ccc(CO)cc3)O2)cc1. The lowest BCUT2D eigenvalue weighted by Crippen LogP contribution is -2.35. The first kappa shape index (κ1) is 31.5. The lowest BCUT2D eigenvalue weighted by atomic mass is 9.97. The average molecular weight is 612 g/mol. The number of nitrogens with one attached hydrogen (secondary N) is 1. The molecule has 8 heteroatoms. The summed E-state index contributed by atoms with van der Waals surface area (Å²) in [6.07, 6.45) is -0.858. The van der Waals surface area contributed by atoms with Crippen molar-refractivity contribution in [3.63, 3.8) is 0 Å². The minimum Gasteiger partial charge on any atom is -0.453 e. The molecule has 0 radical (unpaired) electrons. The van der Waals surface area contributed by atoms with E-state index in [2.05, 4.69) is 17.4 Å². The van der Waals surface area contributed by atoms with Crippen LogP contribution in [0.25, 0.3) is 11.1 Å². The van der Waals surface area contributed by atoms with Crippen LogP contribution in [0.5, 0.6) is 0 Å². The average Bonchev–Trinajstić information content (AvgIpc) is 3.06. The van der Waals surface area contributed by atoms with Gasteiger partial charge in [0.1, 0.15) is 0 Å². The van der Waals surface area contributed by atoms with Crippen molar-refractivity contribution >= 4 is 23.6 Å². The third-order valence-corrected chi connectivity index (χ3v) is 8.61. The summed E-state index contributed by atoms with van der Waals surface area (Å²) in [5.74, 6) is -0.0498. The maximum Gasteiger partial charge on any atom is 0.303 e. The molecule has 5 rings (SSSR count). The number of ether oxygens (including phenoxy) is 3. The van der Waals surface area contributed by atoms with Gasteiger partial charge in [0.05, 0.1) is 18.8 Å². The minimum absolute atomic E-state index is 0.00311. The molecule has 4 unspecified atom stereocenters. The van der Waals surface area contributed by atoms with E-state index in [9.17, 15) is 14.7 Å². The molecule has 1 heterocycles. The predicted octanol–water partition coefficient (Wildman–Crippen LogP) is 6.75. The number of benzene rings is 4. The number of carbonyl (C=O) groups is 2. The highest BCUT2D eigenvalue weighted by atomic mass is 32.2. The molecule has 1 aliphatic heterocycles. The van der Waals surface area contributed by atoms with Gasteiger partial charge in [-0.05, 0) is 46.9 Å². The highest BCUT2D eigenvalue weighted by Gasteiger charge is 2.32. The van der Waals surface area contributed by atoms with Gasteiger partial charge in [-0.3, -0.25) is 9.59 Å². The zero-order valence-corrected chi connectivity index (χ0v) is 25.7. The Morgan fingerprint density at radius 2 is 1.59 bits per heavy atom. The molecule has 0 saturated carbocycles. The molecule has 4 aromatic carbocycles. The Morgan fingerprint density at radius 3 is 2.30 bits per heavy atom. The second-order valence-corrected chi connectivity index (χ2v) is 11.8. The zero-order valence-electron chi connectivity index (χ0n) is 24.8. The lowest BCUT2D eigenvalue weighted by molar-refractivity contribution is -0.245. The normalized spacial score (nSPS) is 18.8. The van der Waals surface area contributed by atoms with Gasteiger partial charge in [0.15, 0.2) is 12.4 Å². The van der Waals surface area contributed by atoms with Crippen LogP contribution in [0.15, 0.2) is 108 Å². The first-order chi connectivity index (χ1) is 21.4. The highest BCUT2D eigenvalue weighted by Crippen LogP contribution is 2.40. The van der Waals surface area contributed by atoms with Crippen molar-refractivity contribution in [1.82, 2.24) is 5.32 Å². The van der Waals surface area contributed by atoms with Gasteiger partial charge in [0, 0.05) is 36.1 Å². The van der Waals surface area contributed by atoms with Crippen LogP contribution in [0.4, 0.5) is 0 Å². The molecule has 0 aliphatic carbocycles. The molecular formula is C36H37NO6S. The molecule has 0 aromatic heterocycles. The van der Waals surface area contributed by atoms with Crippen LogP contribution in [-0.2, 0) is 37.0 Å². The van der Waals surface area contributed by atoms with E-state index in [0.29, 0.717) is 6.54 Å². The quantitative estimate of drug-likeness (QED) is 0.143. The Morgan fingerprint density at radius 1 is 0.909 bits per heavy atom. The molecule has 1 aliphatic rings. The molecule has 1 saturated heterocycles. The van der Waals surface area contributed by atoms with E-state index in [4.69, 9.17) is 14.2 Å². The van der Waals surface area contributed by atoms with Gasteiger partial charge in [0.2, 0.25) is 0 Å². The number of esters is 1. The Bertz CT molecular complexity index is 1530. The summed E-state index contributed by atoms with van der Waals surface area (Å²) in [4.78, 5) is 24.8. The molecule has 0 spiro atoms. The number of hydrogen-bond acceptors (Lipinski definition) is 7. The van der Waals surface area contributed by atoms with Crippen LogP contribution >= 0.6 is 11.8 Å². The topological polar surface area (TPSA) is 94.1 Å². The third-order valence-electron chi connectivity index (χ3n) is 7.47. The van der Waals surface area contributed by atoms with Crippen molar-refractivity contribution in [2.75, 3.05) is 5.75 Å². The maximum atomic E-state index is 12.4. The Hall–Kier alpha value is -3.95. The van der Waals surface area contributed by atoms with E-state index in [1.165, 1.54) is 11.8 Å². The second kappa shape index (κ2) is 15.2. The molecule has 44 heavy (non-hydrogen) atoms. The molecule has 228 valence electrons. The number of hydrogen-bond donors (Lipinski definition) is 2. The minimum atomic E-state index is -0.860. The van der Waals surface area contributed by atoms with Gasteiger partial charge in [-0.2, -0.15) is 0 Å². The summed E-state index contributed by atoms with van der Waals surface area (Å²) in [5.41, 5.74) is 5.77. The van der Waals surface area contributed by atoms with Gasteiger partial charge in [-0.25, -0.2) is 0 Å². The van der Waals surface area contributed by atoms with Crippen molar-refractivity contribution in [3.05, 3.63) is 125 Å². The number of rotatable bonds is 11. The third kappa shape index (κ3) is 8.36. The first-order valence-corrected chi connectivity index (χ1v) is 15.7. The van der Waals surface area contributed by atoms with Gasteiger partial charge >= 0.3 is 5.97 Å². The molecule has 2 N–H and O–H groups in total. The van der Waals surface area contributed by atoms with E-state index in [1.54, 1.807) is 18.7 Å². The molecule has 1 amide bonds. The van der Waals surface area contributed by atoms with Gasteiger partial charge in [-0.1, -0.05) is 91.0 Å². The summed E-state index contributed by atoms with van der Waals surface area (Å²) in [6.45, 7) is 3.14. The fraction of sp³-hybridized carbons (Fsp3) is 0.278. The van der Waals surface area contributed by atoms with Crippen molar-refractivity contribution in [2.24, 2.45) is 0 Å². The summed E-state index contributed by atoms with van der Waals surface area (Å²) in [6, 6.07) is 34.2. The number of thioether (sulfide) groups is 1. The molecular weight excluding hydrogens is 574 g/mol. The van der Waals surface area contributed by atoms with Crippen LogP contribution in [0.2, 0.25) is 0 Å². The molecule has 7 nitrogen and oxygen atoms in total.